The highest BCUT2D eigenvalue weighted by Gasteiger charge is 2.17. The van der Waals surface area contributed by atoms with E-state index in [1.807, 2.05) is 24.5 Å². The molecule has 7 aromatic rings. The molecule has 2 heterocycles. The second-order valence-electron chi connectivity index (χ2n) is 10.3. The molecular weight excluding hydrogens is 484 g/mol. The summed E-state index contributed by atoms with van der Waals surface area (Å²) in [4.78, 5) is 9.24. The molecule has 0 atom stereocenters. The Morgan fingerprint density at radius 3 is 1.00 bits per heavy atom. The Kier molecular flexibility index (Phi) is 5.94. The van der Waals surface area contributed by atoms with Crippen LogP contribution in [0.5, 0.6) is 0 Å². The average molecular weight is 513 g/mol. The molecule has 0 fully saturated rings. The summed E-state index contributed by atoms with van der Waals surface area (Å²) in [6.45, 7) is 4.22. The first-order chi connectivity index (χ1) is 19.7. The Labute approximate surface area is 234 Å². The molecular formula is C38H28N2. The number of hydrogen-bond donors (Lipinski definition) is 0. The van der Waals surface area contributed by atoms with Gasteiger partial charge in [-0.3, -0.25) is 9.97 Å². The maximum Gasteiger partial charge on any atom is 0.0731 e. The van der Waals surface area contributed by atoms with Gasteiger partial charge in [-0.25, -0.2) is 0 Å². The van der Waals surface area contributed by atoms with E-state index in [9.17, 15) is 0 Å². The third-order valence-electron chi connectivity index (χ3n) is 7.84. The van der Waals surface area contributed by atoms with Crippen LogP contribution in [0.4, 0.5) is 0 Å². The molecule has 0 bridgehead atoms. The predicted molar refractivity (Wildman–Crippen MR) is 168 cm³/mol. The molecule has 2 heteroatoms. The van der Waals surface area contributed by atoms with Gasteiger partial charge < -0.3 is 0 Å². The fourth-order valence-corrected chi connectivity index (χ4v) is 5.92. The Hall–Kier alpha value is -5.08. The van der Waals surface area contributed by atoms with Gasteiger partial charge in [-0.1, -0.05) is 109 Å². The third kappa shape index (κ3) is 4.06. The molecule has 0 amide bonds. The van der Waals surface area contributed by atoms with Gasteiger partial charge in [0.15, 0.2) is 0 Å². The van der Waals surface area contributed by atoms with Crippen molar-refractivity contribution in [2.75, 3.05) is 0 Å². The summed E-state index contributed by atoms with van der Waals surface area (Å²) >= 11 is 0. The van der Waals surface area contributed by atoms with Crippen molar-refractivity contribution >= 4 is 21.5 Å². The fourth-order valence-electron chi connectivity index (χ4n) is 5.92. The summed E-state index contributed by atoms with van der Waals surface area (Å²) in [6, 6.07) is 43.5. The van der Waals surface area contributed by atoms with Crippen molar-refractivity contribution in [3.63, 3.8) is 0 Å². The van der Waals surface area contributed by atoms with Gasteiger partial charge in [-0.2, -0.15) is 0 Å². The van der Waals surface area contributed by atoms with Gasteiger partial charge in [0.2, 0.25) is 0 Å². The largest absolute Gasteiger partial charge is 0.256 e. The zero-order chi connectivity index (χ0) is 27.1. The van der Waals surface area contributed by atoms with E-state index >= 15 is 0 Å². The molecule has 0 saturated carbocycles. The highest BCUT2D eigenvalue weighted by atomic mass is 14.7. The third-order valence-corrected chi connectivity index (χ3v) is 7.84. The van der Waals surface area contributed by atoms with E-state index in [1.165, 1.54) is 54.9 Å². The van der Waals surface area contributed by atoms with E-state index in [-0.39, 0.29) is 0 Å². The smallest absolute Gasteiger partial charge is 0.0731 e. The quantitative estimate of drug-likeness (QED) is 0.219. The van der Waals surface area contributed by atoms with Crippen molar-refractivity contribution in [3.05, 3.63) is 145 Å². The molecule has 0 unspecified atom stereocenters. The molecule has 0 aliphatic carbocycles. The van der Waals surface area contributed by atoms with Crippen molar-refractivity contribution in [3.8, 4) is 44.8 Å². The van der Waals surface area contributed by atoms with Crippen LogP contribution < -0.4 is 0 Å². The van der Waals surface area contributed by atoms with Crippen LogP contribution in [0.15, 0.2) is 134 Å². The van der Waals surface area contributed by atoms with E-state index in [0.717, 1.165) is 22.5 Å². The van der Waals surface area contributed by atoms with Crippen LogP contribution in [-0.2, 0) is 0 Å². The molecule has 0 aliphatic rings. The monoisotopic (exact) mass is 512 g/mol. The molecule has 0 N–H and O–H groups in total. The molecule has 0 spiro atoms. The number of rotatable bonds is 4. The number of aryl methyl sites for hydroxylation is 2. The van der Waals surface area contributed by atoms with Gasteiger partial charge >= 0.3 is 0 Å². The summed E-state index contributed by atoms with van der Waals surface area (Å²) in [5.74, 6) is 0. The molecule has 2 nitrogen and oxygen atoms in total. The standard InChI is InChI=1S/C38H28N2/c1-25-9-7-23-39-37(25)29-19-15-27(16-20-29)35-31-11-3-5-13-33(31)36(34-14-6-4-12-32(34)35)28-17-21-30(22-18-28)38-26(2)10-8-24-40-38/h3-24H,1-2H3. The Balaban J connectivity index is 1.42. The lowest BCUT2D eigenvalue weighted by Crippen LogP contribution is -1.92. The maximum absolute atomic E-state index is 4.62. The lowest BCUT2D eigenvalue weighted by molar-refractivity contribution is 1.27. The van der Waals surface area contributed by atoms with Crippen molar-refractivity contribution in [1.82, 2.24) is 9.97 Å². The zero-order valence-electron chi connectivity index (χ0n) is 22.6. The van der Waals surface area contributed by atoms with E-state index in [2.05, 4.69) is 133 Å². The van der Waals surface area contributed by atoms with Gasteiger partial charge in [-0.05, 0) is 80.9 Å². The molecule has 0 radical (unpaired) electrons. The first-order valence-corrected chi connectivity index (χ1v) is 13.7. The minimum atomic E-state index is 1.03. The lowest BCUT2D eigenvalue weighted by atomic mass is 9.85. The van der Waals surface area contributed by atoms with Crippen LogP contribution in [0, 0.1) is 13.8 Å². The SMILES string of the molecule is Cc1cccnc1-c1ccc(-c2c3ccccc3c(-c3ccc(-c4ncccc4C)cc3)c3ccccc23)cc1. The Morgan fingerprint density at radius 1 is 0.350 bits per heavy atom. The highest BCUT2D eigenvalue weighted by Crippen LogP contribution is 2.44. The molecule has 0 saturated heterocycles. The molecule has 7 rings (SSSR count). The minimum absolute atomic E-state index is 1.03. The molecule has 0 aliphatic heterocycles. The molecule has 2 aromatic heterocycles. The molecule has 5 aromatic carbocycles. The highest BCUT2D eigenvalue weighted by molar-refractivity contribution is 6.21. The van der Waals surface area contributed by atoms with Crippen LogP contribution >= 0.6 is 0 Å². The van der Waals surface area contributed by atoms with E-state index < -0.39 is 0 Å². The van der Waals surface area contributed by atoms with Gasteiger partial charge in [0.05, 0.1) is 11.4 Å². The number of pyridine rings is 2. The van der Waals surface area contributed by atoms with E-state index in [1.54, 1.807) is 0 Å². The van der Waals surface area contributed by atoms with Gasteiger partial charge in [0.1, 0.15) is 0 Å². The number of benzene rings is 5. The summed E-state index contributed by atoms with van der Waals surface area (Å²) < 4.78 is 0. The number of aromatic nitrogens is 2. The Bertz CT molecular complexity index is 1800. The number of nitrogens with zero attached hydrogens (tertiary/aromatic N) is 2. The average Bonchev–Trinajstić information content (AvgIpc) is 3.01. The van der Waals surface area contributed by atoms with Crippen molar-refractivity contribution < 1.29 is 0 Å². The Morgan fingerprint density at radius 2 is 0.675 bits per heavy atom. The summed E-state index contributed by atoms with van der Waals surface area (Å²) in [5, 5.41) is 5.01. The van der Waals surface area contributed by atoms with E-state index in [4.69, 9.17) is 0 Å². The van der Waals surface area contributed by atoms with Gasteiger partial charge in [0, 0.05) is 23.5 Å². The second kappa shape index (κ2) is 9.91. The fraction of sp³-hybridized carbons (Fsp3) is 0.0526. The van der Waals surface area contributed by atoms with Crippen LogP contribution in [0.2, 0.25) is 0 Å². The summed E-state index contributed by atoms with van der Waals surface area (Å²) in [5.41, 5.74) is 11.6. The minimum Gasteiger partial charge on any atom is -0.256 e. The van der Waals surface area contributed by atoms with Gasteiger partial charge in [0.25, 0.3) is 0 Å². The number of fused-ring (bicyclic) bond motifs is 2. The van der Waals surface area contributed by atoms with Crippen LogP contribution in [0.25, 0.3) is 66.3 Å². The van der Waals surface area contributed by atoms with E-state index in [0.29, 0.717) is 0 Å². The predicted octanol–water partition coefficient (Wildman–Crippen LogP) is 10.1. The lowest BCUT2D eigenvalue weighted by Gasteiger charge is -2.18. The van der Waals surface area contributed by atoms with Crippen molar-refractivity contribution in [2.45, 2.75) is 13.8 Å². The second-order valence-corrected chi connectivity index (χ2v) is 10.3. The first kappa shape index (κ1) is 24.0. The normalized spacial score (nSPS) is 11.2. The maximum atomic E-state index is 4.62. The van der Waals surface area contributed by atoms with Crippen LogP contribution in [0.1, 0.15) is 11.1 Å². The van der Waals surface area contributed by atoms with Crippen molar-refractivity contribution in [1.29, 1.82) is 0 Å². The summed E-state index contributed by atoms with van der Waals surface area (Å²) in [6.07, 6.45) is 3.72. The zero-order valence-corrected chi connectivity index (χ0v) is 22.6. The first-order valence-electron chi connectivity index (χ1n) is 13.7. The molecule has 40 heavy (non-hydrogen) atoms. The number of hydrogen-bond acceptors (Lipinski definition) is 2. The van der Waals surface area contributed by atoms with Crippen molar-refractivity contribution in [2.24, 2.45) is 0 Å². The van der Waals surface area contributed by atoms with Gasteiger partial charge in [-0.15, -0.1) is 0 Å². The van der Waals surface area contributed by atoms with Crippen LogP contribution in [-0.4, -0.2) is 9.97 Å². The summed E-state index contributed by atoms with van der Waals surface area (Å²) in [7, 11) is 0. The topological polar surface area (TPSA) is 25.8 Å². The molecule has 190 valence electrons. The van der Waals surface area contributed by atoms with Crippen LogP contribution in [0.3, 0.4) is 0 Å².